The fourth-order valence-corrected chi connectivity index (χ4v) is 7.15. The van der Waals surface area contributed by atoms with Crippen LogP contribution < -0.4 is 0 Å². The number of ether oxygens (including phenoxy) is 8. The SMILES string of the molecule is COC(=O)[C@H]1O[C@@H](O[C@H]2[C@H](OC(C)=O)[C@@H](N=[N+]=[N-])[C@H](Sc3ccc(C)cc3)O[C@@H]2COC(C)=O)[C@H](OCc2ccccc2)[C@@H](OCc2ccccc2)[C@@H]1O. The van der Waals surface area contributed by atoms with E-state index in [1.165, 1.54) is 25.6 Å². The van der Waals surface area contributed by atoms with Gasteiger partial charge in [-0.15, -0.1) is 0 Å². The van der Waals surface area contributed by atoms with Gasteiger partial charge in [-0.05, 0) is 35.7 Å². The minimum atomic E-state index is -1.61. The molecular formula is C38H43N3O12S. The van der Waals surface area contributed by atoms with Crippen molar-refractivity contribution in [2.24, 2.45) is 5.11 Å². The van der Waals surface area contributed by atoms with Crippen molar-refractivity contribution in [3.63, 3.8) is 0 Å². The molecule has 3 aromatic carbocycles. The first-order valence-electron chi connectivity index (χ1n) is 17.2. The Balaban J connectivity index is 1.55. The van der Waals surface area contributed by atoms with Crippen LogP contribution in [-0.2, 0) is 65.5 Å². The van der Waals surface area contributed by atoms with Crippen LogP contribution in [0.1, 0.15) is 30.5 Å². The Labute approximate surface area is 316 Å². The van der Waals surface area contributed by atoms with E-state index in [9.17, 15) is 25.0 Å². The summed E-state index contributed by atoms with van der Waals surface area (Å²) in [6, 6.07) is 24.7. The van der Waals surface area contributed by atoms with E-state index in [0.29, 0.717) is 0 Å². The van der Waals surface area contributed by atoms with Gasteiger partial charge in [0.25, 0.3) is 0 Å². The molecule has 0 bridgehead atoms. The maximum atomic E-state index is 13.1. The summed E-state index contributed by atoms with van der Waals surface area (Å²) in [7, 11) is 1.14. The van der Waals surface area contributed by atoms with Crippen molar-refractivity contribution >= 4 is 29.7 Å². The molecule has 16 heteroatoms. The lowest BCUT2D eigenvalue weighted by Crippen LogP contribution is -2.65. The highest BCUT2D eigenvalue weighted by Crippen LogP contribution is 2.39. The summed E-state index contributed by atoms with van der Waals surface area (Å²) in [5.74, 6) is -2.27. The molecule has 0 radical (unpaired) electrons. The maximum absolute atomic E-state index is 13.1. The number of aliphatic hydroxyl groups excluding tert-OH is 1. The molecule has 2 aliphatic heterocycles. The van der Waals surface area contributed by atoms with Crippen LogP contribution in [0.5, 0.6) is 0 Å². The lowest BCUT2D eigenvalue weighted by atomic mass is 9.95. The number of nitrogens with zero attached hydrogens (tertiary/aromatic N) is 3. The Morgan fingerprint density at radius 3 is 2.00 bits per heavy atom. The molecule has 2 heterocycles. The van der Waals surface area contributed by atoms with Crippen LogP contribution in [0.4, 0.5) is 0 Å². The zero-order valence-electron chi connectivity index (χ0n) is 30.2. The number of aryl methyl sites for hydroxylation is 1. The van der Waals surface area contributed by atoms with Gasteiger partial charge in [-0.25, -0.2) is 4.79 Å². The van der Waals surface area contributed by atoms with Gasteiger partial charge >= 0.3 is 17.9 Å². The third kappa shape index (κ3) is 10.8. The highest BCUT2D eigenvalue weighted by Gasteiger charge is 2.55. The Morgan fingerprint density at radius 1 is 0.833 bits per heavy atom. The Hall–Kier alpha value is -4.51. The molecule has 15 nitrogen and oxygen atoms in total. The number of aliphatic hydroxyl groups is 1. The second kappa shape index (κ2) is 19.7. The lowest BCUT2D eigenvalue weighted by molar-refractivity contribution is -0.340. The van der Waals surface area contributed by atoms with E-state index in [-0.39, 0.29) is 19.8 Å². The van der Waals surface area contributed by atoms with E-state index < -0.39 is 78.4 Å². The van der Waals surface area contributed by atoms with E-state index in [4.69, 9.17) is 37.9 Å². The van der Waals surface area contributed by atoms with Crippen molar-refractivity contribution in [2.45, 2.75) is 99.4 Å². The standard InChI is InChI=1S/C38H43N3O12S/c1-22-15-17-27(18-16-22)54-38-29(40-41-39)32(50-24(3)43)31(28(51-38)21-47-23(2)42)52-37-35(49-20-26-13-9-6-10-14-26)33(30(44)34(53-37)36(45)46-4)48-19-25-11-7-5-8-12-25/h5-18,28-35,37-38,44H,19-21H2,1-4H3/t28-,29-,30+,31-,32-,33+,34+,35-,37-,38+/m1/s1. The summed E-state index contributed by atoms with van der Waals surface area (Å²) < 4.78 is 48.0. The second-order valence-electron chi connectivity index (χ2n) is 12.6. The summed E-state index contributed by atoms with van der Waals surface area (Å²) >= 11 is 1.21. The first kappa shape index (κ1) is 40.7. The van der Waals surface area contributed by atoms with Gasteiger partial charge in [0.1, 0.15) is 54.7 Å². The zero-order chi connectivity index (χ0) is 38.6. The number of hydrogen-bond donors (Lipinski definition) is 1. The van der Waals surface area contributed by atoms with Crippen LogP contribution in [0.3, 0.4) is 0 Å². The quantitative estimate of drug-likeness (QED) is 0.0730. The van der Waals surface area contributed by atoms with Gasteiger partial charge in [-0.3, -0.25) is 9.59 Å². The number of hydrogen-bond acceptors (Lipinski definition) is 14. The van der Waals surface area contributed by atoms with E-state index in [1.54, 1.807) is 0 Å². The van der Waals surface area contributed by atoms with E-state index in [0.717, 1.165) is 28.7 Å². The first-order valence-corrected chi connectivity index (χ1v) is 18.1. The topological polar surface area (TPSA) is 194 Å². The van der Waals surface area contributed by atoms with Crippen LogP contribution in [0.25, 0.3) is 10.4 Å². The van der Waals surface area contributed by atoms with Crippen LogP contribution in [0, 0.1) is 6.92 Å². The monoisotopic (exact) mass is 765 g/mol. The predicted octanol–water partition coefficient (Wildman–Crippen LogP) is 4.80. The van der Waals surface area contributed by atoms with E-state index in [1.807, 2.05) is 91.9 Å². The number of thioether (sulfide) groups is 1. The second-order valence-corrected chi connectivity index (χ2v) is 13.8. The summed E-state index contributed by atoms with van der Waals surface area (Å²) in [4.78, 5) is 41.6. The molecule has 2 aliphatic rings. The molecule has 0 unspecified atom stereocenters. The normalized spacial score (nSPS) is 27.9. The average Bonchev–Trinajstić information content (AvgIpc) is 3.16. The third-order valence-corrected chi connectivity index (χ3v) is 9.81. The Bertz CT molecular complexity index is 1730. The van der Waals surface area contributed by atoms with Crippen molar-refractivity contribution < 1.29 is 57.4 Å². The fourth-order valence-electron chi connectivity index (χ4n) is 6.05. The molecule has 288 valence electrons. The van der Waals surface area contributed by atoms with Gasteiger partial charge in [0.05, 0.1) is 20.3 Å². The van der Waals surface area contributed by atoms with Crippen LogP contribution >= 0.6 is 11.8 Å². The maximum Gasteiger partial charge on any atom is 0.337 e. The number of esters is 3. The van der Waals surface area contributed by atoms with Crippen molar-refractivity contribution in [1.82, 2.24) is 0 Å². The van der Waals surface area contributed by atoms with Gasteiger partial charge in [-0.2, -0.15) is 0 Å². The number of carbonyl (C=O) groups is 3. The van der Waals surface area contributed by atoms with Crippen molar-refractivity contribution in [3.05, 3.63) is 112 Å². The summed E-state index contributed by atoms with van der Waals surface area (Å²) in [5, 5.41) is 15.6. The minimum absolute atomic E-state index is 0.0115. The van der Waals surface area contributed by atoms with E-state index in [2.05, 4.69) is 10.0 Å². The molecule has 2 saturated heterocycles. The predicted molar refractivity (Wildman–Crippen MR) is 192 cm³/mol. The Kier molecular flexibility index (Phi) is 14.8. The highest BCUT2D eigenvalue weighted by atomic mass is 32.2. The molecule has 54 heavy (non-hydrogen) atoms. The molecule has 0 aliphatic carbocycles. The minimum Gasteiger partial charge on any atom is -0.467 e. The Morgan fingerprint density at radius 2 is 1.44 bits per heavy atom. The number of carbonyl (C=O) groups excluding carboxylic acids is 3. The van der Waals surface area contributed by atoms with Crippen molar-refractivity contribution in [1.29, 1.82) is 0 Å². The smallest absolute Gasteiger partial charge is 0.337 e. The van der Waals surface area contributed by atoms with Crippen LogP contribution in [0.15, 0.2) is 94.9 Å². The lowest BCUT2D eigenvalue weighted by Gasteiger charge is -2.48. The van der Waals surface area contributed by atoms with Gasteiger partial charge in [0.2, 0.25) is 0 Å². The molecule has 0 aromatic heterocycles. The molecule has 0 spiro atoms. The average molecular weight is 766 g/mol. The van der Waals surface area contributed by atoms with E-state index >= 15 is 0 Å². The van der Waals surface area contributed by atoms with Gasteiger partial charge in [0.15, 0.2) is 12.4 Å². The largest absolute Gasteiger partial charge is 0.467 e. The zero-order valence-corrected chi connectivity index (χ0v) is 31.0. The van der Waals surface area contributed by atoms with Crippen molar-refractivity contribution in [3.8, 4) is 0 Å². The summed E-state index contributed by atoms with van der Waals surface area (Å²) in [6.07, 6.45) is -11.0. The number of azide groups is 1. The fraction of sp³-hybridized carbons (Fsp3) is 0.447. The first-order chi connectivity index (χ1) is 26.1. The molecule has 1 N–H and O–H groups in total. The molecular weight excluding hydrogens is 722 g/mol. The number of rotatable bonds is 15. The summed E-state index contributed by atoms with van der Waals surface area (Å²) in [6.45, 7) is 4.00. The summed E-state index contributed by atoms with van der Waals surface area (Å²) in [5.41, 5.74) is 11.3. The molecule has 0 saturated carbocycles. The van der Waals surface area contributed by atoms with Gasteiger partial charge < -0.3 is 43.0 Å². The van der Waals surface area contributed by atoms with Gasteiger partial charge in [0, 0.05) is 23.7 Å². The van der Waals surface area contributed by atoms with Crippen molar-refractivity contribution in [2.75, 3.05) is 13.7 Å². The van der Waals surface area contributed by atoms with Gasteiger partial charge in [-0.1, -0.05) is 95.2 Å². The third-order valence-electron chi connectivity index (χ3n) is 8.64. The molecule has 2 fully saturated rings. The molecule has 10 atom stereocenters. The van der Waals surface area contributed by atoms with Crippen LogP contribution in [-0.4, -0.2) is 97.2 Å². The molecule has 0 amide bonds. The molecule has 3 aromatic rings. The molecule has 5 rings (SSSR count). The highest BCUT2D eigenvalue weighted by molar-refractivity contribution is 7.99. The number of benzene rings is 3. The number of methoxy groups -OCH3 is 1. The van der Waals surface area contributed by atoms with Crippen LogP contribution in [0.2, 0.25) is 0 Å².